The third-order valence-corrected chi connectivity index (χ3v) is 7.09. The van der Waals surface area contributed by atoms with Crippen molar-refractivity contribution in [1.29, 1.82) is 0 Å². The minimum atomic E-state index is -0.706. The first kappa shape index (κ1) is 24.7. The summed E-state index contributed by atoms with van der Waals surface area (Å²) in [5, 5.41) is 10.1. The first-order chi connectivity index (χ1) is 12.6. The molecule has 0 heterocycles. The van der Waals surface area contributed by atoms with Crippen molar-refractivity contribution >= 4 is 46.6 Å². The summed E-state index contributed by atoms with van der Waals surface area (Å²) in [6.07, 6.45) is 8.40. The Balaban J connectivity index is 0.00000364. The zero-order chi connectivity index (χ0) is 18.8. The summed E-state index contributed by atoms with van der Waals surface area (Å²) in [7, 11) is -0.706. The van der Waals surface area contributed by atoms with E-state index in [9.17, 15) is 9.00 Å². The normalized spacial score (nSPS) is 24.3. The molecule has 0 radical (unpaired) electrons. The molecule has 2 fully saturated rings. The number of carbonyl (C=O) groups excluding carboxylic acids is 1. The van der Waals surface area contributed by atoms with Gasteiger partial charge in [0.2, 0.25) is 5.91 Å². The van der Waals surface area contributed by atoms with Gasteiger partial charge in [-0.05, 0) is 45.4 Å². The largest absolute Gasteiger partial charge is 0.357 e. The predicted octanol–water partition coefficient (Wildman–Crippen LogP) is 2.55. The highest BCUT2D eigenvalue weighted by Crippen LogP contribution is 2.26. The smallest absolute Gasteiger partial charge is 0.223 e. The topological polar surface area (TPSA) is 82.6 Å². The molecule has 158 valence electrons. The lowest BCUT2D eigenvalue weighted by Crippen LogP contribution is -2.46. The van der Waals surface area contributed by atoms with Gasteiger partial charge in [-0.15, -0.1) is 24.0 Å². The average Bonchev–Trinajstić information content (AvgIpc) is 2.59. The molecular formula is C19H37IN4O2S. The first-order valence-corrected chi connectivity index (χ1v) is 11.7. The molecule has 2 aliphatic rings. The minimum absolute atomic E-state index is 0. The van der Waals surface area contributed by atoms with Crippen LogP contribution in [-0.4, -0.2) is 52.8 Å². The SMILES string of the molecule is CCNC(=NCCCNC(=O)C1CCC1)NC1CCCC(S(=O)CC)C1.I. The summed E-state index contributed by atoms with van der Waals surface area (Å²) in [5.74, 6) is 2.05. The molecule has 0 bridgehead atoms. The second-order valence-electron chi connectivity index (χ2n) is 7.33. The van der Waals surface area contributed by atoms with Crippen LogP contribution >= 0.6 is 24.0 Å². The molecule has 0 aromatic rings. The Bertz CT molecular complexity index is 500. The number of rotatable bonds is 9. The lowest BCUT2D eigenvalue weighted by atomic mass is 9.85. The van der Waals surface area contributed by atoms with Gasteiger partial charge in [0.05, 0.1) is 0 Å². The van der Waals surface area contributed by atoms with Crippen LogP contribution in [0.1, 0.15) is 65.2 Å². The predicted molar refractivity (Wildman–Crippen MR) is 124 cm³/mol. The lowest BCUT2D eigenvalue weighted by molar-refractivity contribution is -0.127. The van der Waals surface area contributed by atoms with Crippen molar-refractivity contribution in [3.05, 3.63) is 0 Å². The van der Waals surface area contributed by atoms with Crippen molar-refractivity contribution < 1.29 is 9.00 Å². The molecule has 3 N–H and O–H groups in total. The fourth-order valence-electron chi connectivity index (χ4n) is 3.56. The first-order valence-electron chi connectivity index (χ1n) is 10.3. The monoisotopic (exact) mass is 512 g/mol. The van der Waals surface area contributed by atoms with Crippen molar-refractivity contribution in [1.82, 2.24) is 16.0 Å². The molecule has 0 saturated heterocycles. The second kappa shape index (κ2) is 13.7. The number of hydrogen-bond acceptors (Lipinski definition) is 3. The Morgan fingerprint density at radius 1 is 1.11 bits per heavy atom. The number of nitrogens with one attached hydrogen (secondary N) is 3. The Labute approximate surface area is 184 Å². The van der Waals surface area contributed by atoms with E-state index in [0.717, 1.165) is 63.2 Å². The third kappa shape index (κ3) is 8.66. The van der Waals surface area contributed by atoms with Crippen LogP contribution in [0.4, 0.5) is 0 Å². The van der Waals surface area contributed by atoms with Crippen LogP contribution in [0.25, 0.3) is 0 Å². The summed E-state index contributed by atoms with van der Waals surface area (Å²) >= 11 is 0. The maximum absolute atomic E-state index is 12.1. The number of amides is 1. The molecule has 1 amide bonds. The number of halogens is 1. The summed E-state index contributed by atoms with van der Waals surface area (Å²) in [6, 6.07) is 0.348. The van der Waals surface area contributed by atoms with E-state index in [1.165, 1.54) is 6.42 Å². The fraction of sp³-hybridized carbons (Fsp3) is 0.895. The Kier molecular flexibility index (Phi) is 12.5. The Morgan fingerprint density at radius 2 is 1.85 bits per heavy atom. The van der Waals surface area contributed by atoms with Crippen molar-refractivity contribution in [3.63, 3.8) is 0 Å². The minimum Gasteiger partial charge on any atom is -0.357 e. The summed E-state index contributed by atoms with van der Waals surface area (Å²) in [5.41, 5.74) is 0. The average molecular weight is 513 g/mol. The molecule has 6 nitrogen and oxygen atoms in total. The zero-order valence-electron chi connectivity index (χ0n) is 16.8. The van der Waals surface area contributed by atoms with Gasteiger partial charge in [-0.2, -0.15) is 0 Å². The van der Waals surface area contributed by atoms with Gasteiger partial charge in [0.25, 0.3) is 0 Å². The molecule has 0 spiro atoms. The van der Waals surface area contributed by atoms with Crippen LogP contribution in [0.3, 0.4) is 0 Å². The molecule has 0 aromatic heterocycles. The lowest BCUT2D eigenvalue weighted by Gasteiger charge is -2.30. The van der Waals surface area contributed by atoms with Crippen molar-refractivity contribution in [2.45, 2.75) is 76.5 Å². The highest BCUT2D eigenvalue weighted by Gasteiger charge is 2.26. The molecule has 2 saturated carbocycles. The van der Waals surface area contributed by atoms with E-state index in [4.69, 9.17) is 0 Å². The Hall–Kier alpha value is -0.380. The van der Waals surface area contributed by atoms with Gasteiger partial charge in [-0.1, -0.05) is 19.8 Å². The van der Waals surface area contributed by atoms with Gasteiger partial charge < -0.3 is 16.0 Å². The van der Waals surface area contributed by atoms with E-state index in [-0.39, 0.29) is 35.8 Å². The fourth-order valence-corrected chi connectivity index (χ4v) is 4.91. The molecule has 2 aliphatic carbocycles. The van der Waals surface area contributed by atoms with Gasteiger partial charge in [0.1, 0.15) is 0 Å². The quantitative estimate of drug-likeness (QED) is 0.192. The maximum Gasteiger partial charge on any atom is 0.223 e. The zero-order valence-corrected chi connectivity index (χ0v) is 19.9. The van der Waals surface area contributed by atoms with Crippen LogP contribution in [-0.2, 0) is 15.6 Å². The van der Waals surface area contributed by atoms with Gasteiger partial charge in [0, 0.05) is 53.4 Å². The highest BCUT2D eigenvalue weighted by atomic mass is 127. The maximum atomic E-state index is 12.1. The Morgan fingerprint density at radius 3 is 2.48 bits per heavy atom. The van der Waals surface area contributed by atoms with Gasteiger partial charge >= 0.3 is 0 Å². The van der Waals surface area contributed by atoms with E-state index < -0.39 is 10.8 Å². The molecule has 0 aromatic carbocycles. The number of carbonyl (C=O) groups is 1. The second-order valence-corrected chi connectivity index (χ2v) is 9.34. The third-order valence-electron chi connectivity index (χ3n) is 5.35. The molecule has 2 rings (SSSR count). The standard InChI is InChI=1S/C19H36N4O2S.HI/c1-3-20-19(22-13-7-12-21-18(24)15-8-5-9-15)23-16-10-6-11-17(14-16)26(25)4-2;/h15-17H,3-14H2,1-2H3,(H,21,24)(H2,20,22,23);1H. The number of aliphatic imine (C=N–C) groups is 1. The van der Waals surface area contributed by atoms with E-state index in [1.807, 2.05) is 6.92 Å². The summed E-state index contributed by atoms with van der Waals surface area (Å²) in [6.45, 7) is 6.27. The van der Waals surface area contributed by atoms with E-state index in [1.54, 1.807) is 0 Å². The van der Waals surface area contributed by atoms with Crippen molar-refractivity contribution in [2.24, 2.45) is 10.9 Å². The molecule has 0 aliphatic heterocycles. The van der Waals surface area contributed by atoms with Crippen molar-refractivity contribution in [2.75, 3.05) is 25.4 Å². The van der Waals surface area contributed by atoms with Crippen LogP contribution in [0.2, 0.25) is 0 Å². The van der Waals surface area contributed by atoms with E-state index in [2.05, 4.69) is 27.9 Å². The van der Waals surface area contributed by atoms with Crippen LogP contribution in [0.15, 0.2) is 4.99 Å². The molecule has 8 heteroatoms. The highest BCUT2D eigenvalue weighted by molar-refractivity contribution is 14.0. The van der Waals surface area contributed by atoms with Crippen LogP contribution in [0.5, 0.6) is 0 Å². The van der Waals surface area contributed by atoms with Crippen LogP contribution < -0.4 is 16.0 Å². The van der Waals surface area contributed by atoms with Crippen LogP contribution in [0, 0.1) is 5.92 Å². The molecule has 3 atom stereocenters. The van der Waals surface area contributed by atoms with Gasteiger partial charge in [-0.25, -0.2) is 0 Å². The number of nitrogens with zero attached hydrogens (tertiary/aromatic N) is 1. The molecule has 27 heavy (non-hydrogen) atoms. The van der Waals surface area contributed by atoms with Crippen molar-refractivity contribution in [3.8, 4) is 0 Å². The molecular weight excluding hydrogens is 475 g/mol. The summed E-state index contributed by atoms with van der Waals surface area (Å²) in [4.78, 5) is 16.4. The van der Waals surface area contributed by atoms with E-state index >= 15 is 0 Å². The number of hydrogen-bond donors (Lipinski definition) is 3. The summed E-state index contributed by atoms with van der Waals surface area (Å²) < 4.78 is 12.1. The number of guanidine groups is 1. The van der Waals surface area contributed by atoms with E-state index in [0.29, 0.717) is 24.4 Å². The van der Waals surface area contributed by atoms with Gasteiger partial charge in [-0.3, -0.25) is 14.0 Å². The van der Waals surface area contributed by atoms with Gasteiger partial charge in [0.15, 0.2) is 5.96 Å². The molecule has 3 unspecified atom stereocenters.